The van der Waals surface area contributed by atoms with Crippen LogP contribution in [0.5, 0.6) is 0 Å². The van der Waals surface area contributed by atoms with Crippen molar-refractivity contribution in [3.05, 3.63) is 24.3 Å². The van der Waals surface area contributed by atoms with E-state index in [1.807, 2.05) is 0 Å². The second kappa shape index (κ2) is 15.1. The van der Waals surface area contributed by atoms with Crippen LogP contribution in [-0.4, -0.2) is 6.29 Å². The molecule has 0 unspecified atom stereocenters. The lowest BCUT2D eigenvalue weighted by Gasteiger charge is -1.95. The minimum atomic E-state index is 0.657. The van der Waals surface area contributed by atoms with Gasteiger partial charge in [-0.3, -0.25) is 0 Å². The topological polar surface area (TPSA) is 17.1 Å². The summed E-state index contributed by atoms with van der Waals surface area (Å²) in [6.45, 7) is 2.25. The third kappa shape index (κ3) is 15.1. The molecule has 0 saturated heterocycles. The number of unbranched alkanes of at least 4 members (excludes halogenated alkanes) is 7. The number of carbonyl (C=O) groups excluding carboxylic acids is 1. The van der Waals surface area contributed by atoms with E-state index in [-0.39, 0.29) is 0 Å². The second-order valence-corrected chi connectivity index (χ2v) is 4.47. The minimum absolute atomic E-state index is 0.657. The Morgan fingerprint density at radius 3 is 1.76 bits per heavy atom. The molecule has 0 N–H and O–H groups in total. The van der Waals surface area contributed by atoms with Gasteiger partial charge in [-0.2, -0.15) is 0 Å². The van der Waals surface area contributed by atoms with E-state index < -0.39 is 0 Å². The van der Waals surface area contributed by atoms with Crippen molar-refractivity contribution in [3.63, 3.8) is 0 Å². The standard InChI is InChI=1S/C16H28O/c1-2-3-4-5-6-7-8-9-10-11-12-13-14-15-16-17/h8-9,12-13,16H,2-7,10-11,14-15H2,1H3/b9-8+,13-12+. The number of rotatable bonds is 12. The molecule has 1 nitrogen and oxygen atoms in total. The number of aldehydes is 1. The number of allylic oxidation sites excluding steroid dienone is 4. The van der Waals surface area contributed by atoms with Crippen LogP contribution in [0.2, 0.25) is 0 Å². The van der Waals surface area contributed by atoms with Crippen LogP contribution in [0.15, 0.2) is 24.3 Å². The van der Waals surface area contributed by atoms with Gasteiger partial charge in [0.15, 0.2) is 0 Å². The van der Waals surface area contributed by atoms with Crippen molar-refractivity contribution < 1.29 is 4.79 Å². The largest absolute Gasteiger partial charge is 0.303 e. The van der Waals surface area contributed by atoms with Crippen LogP contribution in [0.3, 0.4) is 0 Å². The van der Waals surface area contributed by atoms with E-state index in [4.69, 9.17) is 0 Å². The summed E-state index contributed by atoms with van der Waals surface area (Å²) in [5, 5.41) is 0. The van der Waals surface area contributed by atoms with Gasteiger partial charge in [0.05, 0.1) is 0 Å². The molecule has 0 aliphatic heterocycles. The molecule has 98 valence electrons. The molecule has 0 atom stereocenters. The van der Waals surface area contributed by atoms with Crippen molar-refractivity contribution in [2.24, 2.45) is 0 Å². The van der Waals surface area contributed by atoms with Crippen molar-refractivity contribution in [1.29, 1.82) is 0 Å². The monoisotopic (exact) mass is 236 g/mol. The van der Waals surface area contributed by atoms with Crippen LogP contribution in [0.1, 0.15) is 71.1 Å². The van der Waals surface area contributed by atoms with Gasteiger partial charge < -0.3 is 4.79 Å². The fourth-order valence-electron chi connectivity index (χ4n) is 1.69. The summed E-state index contributed by atoms with van der Waals surface area (Å²) >= 11 is 0. The third-order valence-electron chi connectivity index (χ3n) is 2.76. The Labute approximate surface area is 107 Å². The van der Waals surface area contributed by atoms with Crippen molar-refractivity contribution in [1.82, 2.24) is 0 Å². The lowest BCUT2D eigenvalue weighted by atomic mass is 10.1. The van der Waals surface area contributed by atoms with Gasteiger partial charge in [-0.25, -0.2) is 0 Å². The summed E-state index contributed by atoms with van der Waals surface area (Å²) in [6, 6.07) is 0. The van der Waals surface area contributed by atoms with Gasteiger partial charge in [0.2, 0.25) is 0 Å². The van der Waals surface area contributed by atoms with Crippen LogP contribution in [0, 0.1) is 0 Å². The fraction of sp³-hybridized carbons (Fsp3) is 0.688. The molecule has 0 aliphatic carbocycles. The zero-order valence-electron chi connectivity index (χ0n) is 11.4. The zero-order chi connectivity index (χ0) is 12.6. The Balaban J connectivity index is 3.14. The van der Waals surface area contributed by atoms with E-state index in [1.54, 1.807) is 0 Å². The molecule has 0 aromatic heterocycles. The Bertz CT molecular complexity index is 204. The summed E-state index contributed by atoms with van der Waals surface area (Å²) in [6.07, 6.45) is 21.7. The van der Waals surface area contributed by atoms with E-state index in [9.17, 15) is 4.79 Å². The fourth-order valence-corrected chi connectivity index (χ4v) is 1.69. The summed E-state index contributed by atoms with van der Waals surface area (Å²) in [5.74, 6) is 0. The highest BCUT2D eigenvalue weighted by atomic mass is 16.1. The normalized spacial score (nSPS) is 11.6. The molecule has 0 radical (unpaired) electrons. The lowest BCUT2D eigenvalue weighted by Crippen LogP contribution is -1.76. The number of carbonyl (C=O) groups is 1. The molecule has 0 heterocycles. The first kappa shape index (κ1) is 16.1. The Kier molecular flexibility index (Phi) is 14.4. The molecule has 0 rings (SSSR count). The maximum atomic E-state index is 10.1. The van der Waals surface area contributed by atoms with Crippen LogP contribution in [-0.2, 0) is 4.79 Å². The molecule has 0 aliphatic rings. The van der Waals surface area contributed by atoms with E-state index in [0.29, 0.717) is 6.42 Å². The lowest BCUT2D eigenvalue weighted by molar-refractivity contribution is -0.107. The quantitative estimate of drug-likeness (QED) is 0.258. The molecular formula is C16H28O. The first-order chi connectivity index (χ1) is 8.41. The minimum Gasteiger partial charge on any atom is -0.303 e. The van der Waals surface area contributed by atoms with Crippen LogP contribution in [0.4, 0.5) is 0 Å². The van der Waals surface area contributed by atoms with Crippen molar-refractivity contribution in [3.8, 4) is 0 Å². The van der Waals surface area contributed by atoms with Gasteiger partial charge in [-0.15, -0.1) is 0 Å². The Hall–Kier alpha value is -0.850. The van der Waals surface area contributed by atoms with Gasteiger partial charge in [-0.05, 0) is 32.1 Å². The molecule has 0 aromatic carbocycles. The predicted octanol–water partition coefficient (Wildman–Crippen LogP) is 5.22. The Morgan fingerprint density at radius 1 is 0.647 bits per heavy atom. The van der Waals surface area contributed by atoms with Gasteiger partial charge in [-0.1, -0.05) is 56.9 Å². The molecule has 17 heavy (non-hydrogen) atoms. The van der Waals surface area contributed by atoms with Gasteiger partial charge in [0.25, 0.3) is 0 Å². The highest BCUT2D eigenvalue weighted by molar-refractivity contribution is 5.49. The van der Waals surface area contributed by atoms with Gasteiger partial charge >= 0.3 is 0 Å². The maximum Gasteiger partial charge on any atom is 0.120 e. The summed E-state index contributed by atoms with van der Waals surface area (Å²) in [7, 11) is 0. The molecular weight excluding hydrogens is 208 g/mol. The van der Waals surface area contributed by atoms with E-state index in [0.717, 1.165) is 25.5 Å². The first-order valence-corrected chi connectivity index (χ1v) is 7.15. The Morgan fingerprint density at radius 2 is 1.18 bits per heavy atom. The van der Waals surface area contributed by atoms with Crippen LogP contribution >= 0.6 is 0 Å². The van der Waals surface area contributed by atoms with Gasteiger partial charge in [0.1, 0.15) is 6.29 Å². The van der Waals surface area contributed by atoms with Crippen LogP contribution in [0.25, 0.3) is 0 Å². The van der Waals surface area contributed by atoms with E-state index in [2.05, 4.69) is 31.2 Å². The number of hydrogen-bond donors (Lipinski definition) is 0. The molecule has 0 aromatic rings. The maximum absolute atomic E-state index is 10.1. The van der Waals surface area contributed by atoms with E-state index in [1.165, 1.54) is 38.5 Å². The molecule has 0 saturated carbocycles. The van der Waals surface area contributed by atoms with Crippen LogP contribution < -0.4 is 0 Å². The average Bonchev–Trinajstić information content (AvgIpc) is 2.35. The van der Waals surface area contributed by atoms with Crippen molar-refractivity contribution in [2.75, 3.05) is 0 Å². The number of hydrogen-bond acceptors (Lipinski definition) is 1. The smallest absolute Gasteiger partial charge is 0.120 e. The molecule has 0 bridgehead atoms. The molecule has 0 spiro atoms. The highest BCUT2D eigenvalue weighted by Gasteiger charge is 1.86. The summed E-state index contributed by atoms with van der Waals surface area (Å²) in [4.78, 5) is 10.1. The van der Waals surface area contributed by atoms with Gasteiger partial charge in [0, 0.05) is 6.42 Å². The zero-order valence-corrected chi connectivity index (χ0v) is 11.4. The summed E-state index contributed by atoms with van der Waals surface area (Å²) < 4.78 is 0. The van der Waals surface area contributed by atoms with Crippen molar-refractivity contribution in [2.45, 2.75) is 71.1 Å². The molecule has 1 heteroatoms. The molecule has 0 fully saturated rings. The first-order valence-electron chi connectivity index (χ1n) is 7.15. The second-order valence-electron chi connectivity index (χ2n) is 4.47. The average molecular weight is 236 g/mol. The van der Waals surface area contributed by atoms with E-state index >= 15 is 0 Å². The predicted molar refractivity (Wildman–Crippen MR) is 76.2 cm³/mol. The third-order valence-corrected chi connectivity index (χ3v) is 2.76. The SMILES string of the molecule is CCCCCCC/C=C/CC/C=C/CCC=O. The highest BCUT2D eigenvalue weighted by Crippen LogP contribution is 2.06. The molecule has 0 amide bonds. The van der Waals surface area contributed by atoms with Crippen molar-refractivity contribution >= 4 is 6.29 Å². The summed E-state index contributed by atoms with van der Waals surface area (Å²) in [5.41, 5.74) is 0.